The van der Waals surface area contributed by atoms with E-state index in [0.717, 1.165) is 54.5 Å². The van der Waals surface area contributed by atoms with E-state index < -0.39 is 0 Å². The van der Waals surface area contributed by atoms with E-state index in [2.05, 4.69) is 9.88 Å². The molecule has 1 aromatic heterocycles. The summed E-state index contributed by atoms with van der Waals surface area (Å²) in [6.45, 7) is 5.90. The predicted molar refractivity (Wildman–Crippen MR) is 103 cm³/mol. The van der Waals surface area contributed by atoms with Crippen molar-refractivity contribution in [1.82, 2.24) is 4.57 Å². The normalized spacial score (nSPS) is 17.4. The third-order valence-electron chi connectivity index (χ3n) is 5.11. The van der Waals surface area contributed by atoms with Gasteiger partial charge in [-0.25, -0.2) is 0 Å². The highest BCUT2D eigenvalue weighted by atomic mass is 35.5. The first-order valence-corrected chi connectivity index (χ1v) is 9.58. The molecule has 3 aromatic rings. The summed E-state index contributed by atoms with van der Waals surface area (Å²) in [5.74, 6) is 0. The molecular weight excluding hydrogens is 357 g/mol. The lowest BCUT2D eigenvalue weighted by molar-refractivity contribution is -0.949. The SMILES string of the molecule is O[C@H](Cn1c2ccc(Cl)cc2c2cc(Cl)ccc21)C[NH+]1CC[NH2+]CC1. The fourth-order valence-electron chi connectivity index (χ4n) is 3.94. The zero-order chi connectivity index (χ0) is 17.4. The van der Waals surface area contributed by atoms with Crippen LogP contribution in [-0.2, 0) is 6.54 Å². The quantitative estimate of drug-likeness (QED) is 0.620. The molecule has 1 saturated heterocycles. The molecule has 25 heavy (non-hydrogen) atoms. The molecule has 2 aromatic carbocycles. The van der Waals surface area contributed by atoms with Crippen molar-refractivity contribution in [3.63, 3.8) is 0 Å². The van der Waals surface area contributed by atoms with E-state index in [1.165, 1.54) is 4.90 Å². The van der Waals surface area contributed by atoms with Crippen LogP contribution in [0, 0.1) is 0 Å². The molecule has 1 fully saturated rings. The van der Waals surface area contributed by atoms with E-state index >= 15 is 0 Å². The Morgan fingerprint density at radius 3 is 2.12 bits per heavy atom. The lowest BCUT2D eigenvalue weighted by Gasteiger charge is -2.25. The molecule has 132 valence electrons. The van der Waals surface area contributed by atoms with Gasteiger partial charge < -0.3 is 19.9 Å². The van der Waals surface area contributed by atoms with Crippen LogP contribution in [0.5, 0.6) is 0 Å². The van der Waals surface area contributed by atoms with Crippen LogP contribution in [-0.4, -0.2) is 48.5 Å². The zero-order valence-electron chi connectivity index (χ0n) is 14.0. The zero-order valence-corrected chi connectivity index (χ0v) is 15.5. The molecule has 0 bridgehead atoms. The van der Waals surface area contributed by atoms with Gasteiger partial charge in [0.2, 0.25) is 0 Å². The van der Waals surface area contributed by atoms with Crippen LogP contribution in [0.3, 0.4) is 0 Å². The van der Waals surface area contributed by atoms with Gasteiger partial charge >= 0.3 is 0 Å². The Morgan fingerprint density at radius 2 is 1.56 bits per heavy atom. The molecule has 1 atom stereocenters. The maximum Gasteiger partial charge on any atom is 0.127 e. The Morgan fingerprint density at radius 1 is 1.00 bits per heavy atom. The minimum atomic E-state index is -0.377. The number of nitrogens with zero attached hydrogens (tertiary/aromatic N) is 1. The van der Waals surface area contributed by atoms with Crippen LogP contribution in [0.4, 0.5) is 0 Å². The van der Waals surface area contributed by atoms with Gasteiger partial charge in [-0.2, -0.15) is 0 Å². The number of aliphatic hydroxyl groups excluding tert-OH is 1. The Labute approximate surface area is 156 Å². The van der Waals surface area contributed by atoms with Gasteiger partial charge in [0.15, 0.2) is 0 Å². The third kappa shape index (κ3) is 3.50. The van der Waals surface area contributed by atoms with Crippen molar-refractivity contribution in [3.8, 4) is 0 Å². The van der Waals surface area contributed by atoms with Crippen LogP contribution >= 0.6 is 23.2 Å². The summed E-state index contributed by atoms with van der Waals surface area (Å²) in [4.78, 5) is 1.49. The minimum Gasteiger partial charge on any atom is -0.385 e. The Kier molecular flexibility index (Phi) is 4.89. The van der Waals surface area contributed by atoms with Gasteiger partial charge in [-0.05, 0) is 36.4 Å². The van der Waals surface area contributed by atoms with Crippen LogP contribution in [0.2, 0.25) is 10.0 Å². The van der Waals surface area contributed by atoms with Gasteiger partial charge in [0.25, 0.3) is 0 Å². The number of piperazine rings is 1. The lowest BCUT2D eigenvalue weighted by atomic mass is 10.1. The number of quaternary nitrogens is 2. The molecule has 2 heterocycles. The molecule has 0 saturated carbocycles. The molecular formula is C19H23Cl2N3O+2. The molecule has 0 spiro atoms. The summed E-state index contributed by atoms with van der Waals surface area (Å²) in [7, 11) is 0. The molecule has 0 radical (unpaired) electrons. The van der Waals surface area contributed by atoms with Crippen molar-refractivity contribution in [2.45, 2.75) is 12.6 Å². The van der Waals surface area contributed by atoms with Gasteiger partial charge in [0, 0.05) is 31.9 Å². The van der Waals surface area contributed by atoms with E-state index in [1.807, 2.05) is 36.4 Å². The Bertz CT molecular complexity index is 843. The van der Waals surface area contributed by atoms with Crippen molar-refractivity contribution in [1.29, 1.82) is 0 Å². The summed E-state index contributed by atoms with van der Waals surface area (Å²) in [6, 6.07) is 11.8. The van der Waals surface area contributed by atoms with Gasteiger partial charge in [-0.1, -0.05) is 23.2 Å². The van der Waals surface area contributed by atoms with E-state index in [0.29, 0.717) is 16.6 Å². The van der Waals surface area contributed by atoms with Crippen molar-refractivity contribution < 1.29 is 15.3 Å². The van der Waals surface area contributed by atoms with E-state index in [9.17, 15) is 5.11 Å². The van der Waals surface area contributed by atoms with E-state index in [1.54, 1.807) is 0 Å². The topological polar surface area (TPSA) is 46.2 Å². The van der Waals surface area contributed by atoms with E-state index in [-0.39, 0.29) is 6.10 Å². The summed E-state index contributed by atoms with van der Waals surface area (Å²) in [5, 5.41) is 16.6. The second-order valence-corrected chi connectivity index (χ2v) is 7.78. The smallest absolute Gasteiger partial charge is 0.127 e. The van der Waals surface area contributed by atoms with Crippen molar-refractivity contribution >= 4 is 45.0 Å². The van der Waals surface area contributed by atoms with Gasteiger partial charge in [-0.3, -0.25) is 0 Å². The lowest BCUT2D eigenvalue weighted by Crippen LogP contribution is -3.21. The van der Waals surface area contributed by atoms with Crippen LogP contribution in [0.15, 0.2) is 36.4 Å². The number of hydrogen-bond donors (Lipinski definition) is 3. The Hall–Kier alpha value is -1.30. The van der Waals surface area contributed by atoms with Crippen molar-refractivity contribution in [3.05, 3.63) is 46.4 Å². The first-order chi connectivity index (χ1) is 12.1. The number of fused-ring (bicyclic) bond motifs is 3. The highest BCUT2D eigenvalue weighted by Crippen LogP contribution is 2.32. The number of hydrogen-bond acceptors (Lipinski definition) is 1. The number of nitrogens with two attached hydrogens (primary N) is 1. The number of aromatic nitrogens is 1. The maximum atomic E-state index is 10.7. The molecule has 1 aliphatic heterocycles. The van der Waals surface area contributed by atoms with E-state index in [4.69, 9.17) is 23.2 Å². The molecule has 4 N–H and O–H groups in total. The molecule has 0 aliphatic carbocycles. The van der Waals surface area contributed by atoms with Crippen molar-refractivity contribution in [2.75, 3.05) is 32.7 Å². The average molecular weight is 380 g/mol. The first-order valence-electron chi connectivity index (χ1n) is 8.82. The first kappa shape index (κ1) is 17.1. The molecule has 4 nitrogen and oxygen atoms in total. The highest BCUT2D eigenvalue weighted by Gasteiger charge is 2.21. The summed E-state index contributed by atoms with van der Waals surface area (Å²) < 4.78 is 2.19. The molecule has 1 aliphatic rings. The monoisotopic (exact) mass is 379 g/mol. The number of nitrogens with one attached hydrogen (secondary N) is 1. The van der Waals surface area contributed by atoms with Crippen molar-refractivity contribution in [2.24, 2.45) is 0 Å². The fraction of sp³-hybridized carbons (Fsp3) is 0.368. The summed E-state index contributed by atoms with van der Waals surface area (Å²) in [5.41, 5.74) is 2.17. The average Bonchev–Trinajstić information content (AvgIpc) is 2.88. The van der Waals surface area contributed by atoms with Crippen LogP contribution < -0.4 is 10.2 Å². The van der Waals surface area contributed by atoms with Crippen LogP contribution in [0.25, 0.3) is 21.8 Å². The maximum absolute atomic E-state index is 10.7. The molecule has 4 rings (SSSR count). The molecule has 6 heteroatoms. The second-order valence-electron chi connectivity index (χ2n) is 6.91. The largest absolute Gasteiger partial charge is 0.385 e. The second kappa shape index (κ2) is 7.14. The Balaban J connectivity index is 1.69. The highest BCUT2D eigenvalue weighted by molar-refractivity contribution is 6.33. The number of benzene rings is 2. The number of halogens is 2. The third-order valence-corrected chi connectivity index (χ3v) is 5.58. The van der Waals surface area contributed by atoms with Gasteiger partial charge in [0.1, 0.15) is 38.8 Å². The van der Waals surface area contributed by atoms with Gasteiger partial charge in [0.05, 0.1) is 6.54 Å². The standard InChI is InChI=1S/C19H21Cl2N3O/c20-13-1-3-18-16(9-13)17-10-14(21)2-4-19(17)24(18)12-15(25)11-23-7-5-22-6-8-23/h1-4,9-10,15,22,25H,5-8,11-12H2/p+2/t15-/m0/s1. The summed E-state index contributed by atoms with van der Waals surface area (Å²) >= 11 is 12.4. The molecule has 0 unspecified atom stereocenters. The van der Waals surface area contributed by atoms with Gasteiger partial charge in [-0.15, -0.1) is 0 Å². The number of aliphatic hydroxyl groups is 1. The minimum absolute atomic E-state index is 0.377. The van der Waals surface area contributed by atoms with Crippen LogP contribution in [0.1, 0.15) is 0 Å². The fourth-order valence-corrected chi connectivity index (χ4v) is 4.28. The predicted octanol–water partition coefficient (Wildman–Crippen LogP) is 0.924. The molecule has 0 amide bonds. The number of rotatable bonds is 4. The summed E-state index contributed by atoms with van der Waals surface area (Å²) in [6.07, 6.45) is -0.377.